The Hall–Kier alpha value is -3.17. The van der Waals surface area contributed by atoms with E-state index in [-0.39, 0.29) is 5.91 Å². The van der Waals surface area contributed by atoms with Crippen LogP contribution in [0.15, 0.2) is 39.2 Å². The lowest BCUT2D eigenvalue weighted by atomic mass is 10.0. The maximum atomic E-state index is 12.5. The third-order valence-corrected chi connectivity index (χ3v) is 6.66. The number of furan rings is 1. The van der Waals surface area contributed by atoms with Crippen LogP contribution in [0, 0.1) is 27.7 Å². The van der Waals surface area contributed by atoms with Crippen LogP contribution in [0.2, 0.25) is 0 Å². The van der Waals surface area contributed by atoms with Gasteiger partial charge in [0.2, 0.25) is 11.1 Å². The first kappa shape index (κ1) is 23.0. The smallest absolute Gasteiger partial charge is 0.230 e. The zero-order valence-corrected chi connectivity index (χ0v) is 20.8. The van der Waals surface area contributed by atoms with Crippen molar-refractivity contribution in [1.29, 1.82) is 0 Å². The third-order valence-electron chi connectivity index (χ3n) is 4.90. The van der Waals surface area contributed by atoms with E-state index < -0.39 is 0 Å². The highest BCUT2D eigenvalue weighted by Gasteiger charge is 2.22. The molecule has 0 saturated heterocycles. The molecule has 4 aromatic rings. The van der Waals surface area contributed by atoms with Crippen molar-refractivity contribution in [2.75, 3.05) is 4.90 Å². The van der Waals surface area contributed by atoms with Crippen LogP contribution in [0.4, 0.5) is 10.8 Å². The van der Waals surface area contributed by atoms with Crippen LogP contribution >= 0.6 is 23.1 Å². The van der Waals surface area contributed by atoms with Crippen LogP contribution in [0.5, 0.6) is 0 Å². The predicted molar refractivity (Wildman–Crippen MR) is 134 cm³/mol. The number of aromatic nitrogens is 4. The number of carbonyl (C=O) groups excluding carboxylic acids is 1. The van der Waals surface area contributed by atoms with E-state index in [1.165, 1.54) is 28.7 Å². The Bertz CT molecular complexity index is 1290. The minimum atomic E-state index is -0.0595. The van der Waals surface area contributed by atoms with Gasteiger partial charge in [0.15, 0.2) is 5.13 Å². The van der Waals surface area contributed by atoms with Crippen molar-refractivity contribution >= 4 is 52.0 Å². The zero-order valence-electron chi connectivity index (χ0n) is 19.2. The fourth-order valence-electron chi connectivity index (χ4n) is 3.62. The molecule has 0 saturated carbocycles. The van der Waals surface area contributed by atoms with Crippen molar-refractivity contribution in [3.63, 3.8) is 0 Å². The van der Waals surface area contributed by atoms with Gasteiger partial charge in [-0.1, -0.05) is 29.5 Å². The van der Waals surface area contributed by atoms with Gasteiger partial charge in [0, 0.05) is 18.1 Å². The fraction of sp³-hybridized carbons (Fsp3) is 0.250. The molecule has 0 aliphatic rings. The van der Waals surface area contributed by atoms with Crippen molar-refractivity contribution in [1.82, 2.24) is 20.2 Å². The second-order valence-corrected chi connectivity index (χ2v) is 9.58. The number of aromatic amines is 1. The van der Waals surface area contributed by atoms with Crippen LogP contribution < -0.4 is 4.90 Å². The van der Waals surface area contributed by atoms with E-state index in [4.69, 9.17) is 9.40 Å². The summed E-state index contributed by atoms with van der Waals surface area (Å²) in [5, 5.41) is 10.4. The first-order valence-electron chi connectivity index (χ1n) is 10.4. The lowest BCUT2D eigenvalue weighted by Crippen LogP contribution is -2.24. The molecule has 7 nitrogen and oxygen atoms in total. The van der Waals surface area contributed by atoms with Gasteiger partial charge in [0.25, 0.3) is 0 Å². The van der Waals surface area contributed by atoms with Gasteiger partial charge in [-0.15, -0.1) is 16.4 Å². The molecular formula is C24H25N5O2S2. The Morgan fingerprint density at radius 1 is 1.15 bits per heavy atom. The number of anilines is 2. The lowest BCUT2D eigenvalue weighted by molar-refractivity contribution is -0.115. The van der Waals surface area contributed by atoms with Gasteiger partial charge in [-0.3, -0.25) is 14.8 Å². The average Bonchev–Trinajstić information content (AvgIpc) is 3.48. The second kappa shape index (κ2) is 9.76. The Morgan fingerprint density at radius 3 is 2.58 bits per heavy atom. The Morgan fingerprint density at radius 2 is 1.91 bits per heavy atom. The summed E-state index contributed by atoms with van der Waals surface area (Å²) in [6.07, 6.45) is 3.67. The minimum Gasteiger partial charge on any atom is -0.462 e. The first-order chi connectivity index (χ1) is 15.8. The van der Waals surface area contributed by atoms with Crippen molar-refractivity contribution < 1.29 is 9.21 Å². The highest BCUT2D eigenvalue weighted by Crippen LogP contribution is 2.35. The van der Waals surface area contributed by atoms with E-state index in [0.29, 0.717) is 21.9 Å². The summed E-state index contributed by atoms with van der Waals surface area (Å²) in [5.41, 5.74) is 5.06. The molecule has 1 amide bonds. The Balaban J connectivity index is 1.45. The Kier molecular flexibility index (Phi) is 6.80. The SMILES string of the molecule is CC(=O)N(c1nc(CSc2n[nH]c(/C=C/c3ccc(C)o3)n2)cs1)c1c(C)cc(C)cc1C. The van der Waals surface area contributed by atoms with Gasteiger partial charge in [-0.2, -0.15) is 0 Å². The number of amides is 1. The maximum absolute atomic E-state index is 12.5. The summed E-state index contributed by atoms with van der Waals surface area (Å²) in [7, 11) is 0. The maximum Gasteiger partial charge on any atom is 0.230 e. The van der Waals surface area contributed by atoms with Crippen LogP contribution in [0.3, 0.4) is 0 Å². The van der Waals surface area contributed by atoms with Gasteiger partial charge in [0.05, 0.1) is 11.4 Å². The molecule has 9 heteroatoms. The van der Waals surface area contributed by atoms with Crippen molar-refractivity contribution in [2.45, 2.75) is 45.5 Å². The predicted octanol–water partition coefficient (Wildman–Crippen LogP) is 6.24. The molecule has 1 aromatic carbocycles. The van der Waals surface area contributed by atoms with Crippen LogP contribution in [0.25, 0.3) is 12.2 Å². The number of hydrogen-bond acceptors (Lipinski definition) is 7. The summed E-state index contributed by atoms with van der Waals surface area (Å²) in [4.78, 5) is 23.4. The van der Waals surface area contributed by atoms with Gasteiger partial charge >= 0.3 is 0 Å². The van der Waals surface area contributed by atoms with Crippen LogP contribution in [-0.4, -0.2) is 26.1 Å². The summed E-state index contributed by atoms with van der Waals surface area (Å²) >= 11 is 2.95. The van der Waals surface area contributed by atoms with E-state index in [2.05, 4.69) is 34.2 Å². The van der Waals surface area contributed by atoms with Crippen LogP contribution in [-0.2, 0) is 10.5 Å². The molecule has 0 aliphatic carbocycles. The molecule has 0 aliphatic heterocycles. The summed E-state index contributed by atoms with van der Waals surface area (Å²) in [6.45, 7) is 9.59. The number of nitrogens with zero attached hydrogens (tertiary/aromatic N) is 4. The summed E-state index contributed by atoms with van der Waals surface area (Å²) in [6, 6.07) is 8.00. The molecule has 33 heavy (non-hydrogen) atoms. The molecule has 0 radical (unpaired) electrons. The minimum absolute atomic E-state index is 0.0595. The number of aryl methyl sites for hydroxylation is 4. The number of hydrogen-bond donors (Lipinski definition) is 1. The first-order valence-corrected chi connectivity index (χ1v) is 12.3. The second-order valence-electron chi connectivity index (χ2n) is 7.80. The summed E-state index contributed by atoms with van der Waals surface area (Å²) < 4.78 is 5.52. The normalized spacial score (nSPS) is 11.4. The molecule has 3 heterocycles. The zero-order chi connectivity index (χ0) is 23.5. The number of thioether (sulfide) groups is 1. The van der Waals surface area contributed by atoms with Crippen molar-refractivity contribution in [3.05, 3.63) is 69.4 Å². The molecule has 4 rings (SSSR count). The van der Waals surface area contributed by atoms with Gasteiger partial charge in [-0.25, -0.2) is 9.97 Å². The van der Waals surface area contributed by atoms with Crippen molar-refractivity contribution in [2.24, 2.45) is 0 Å². The molecule has 170 valence electrons. The van der Waals surface area contributed by atoms with Gasteiger partial charge < -0.3 is 4.42 Å². The molecule has 0 atom stereocenters. The number of carbonyl (C=O) groups is 1. The monoisotopic (exact) mass is 479 g/mol. The quantitative estimate of drug-likeness (QED) is 0.316. The van der Waals surface area contributed by atoms with Crippen LogP contribution in [0.1, 0.15) is 46.7 Å². The summed E-state index contributed by atoms with van der Waals surface area (Å²) in [5.74, 6) is 2.82. The van der Waals surface area contributed by atoms with Crippen molar-refractivity contribution in [3.8, 4) is 0 Å². The topological polar surface area (TPSA) is 87.9 Å². The lowest BCUT2D eigenvalue weighted by Gasteiger charge is -2.23. The number of nitrogens with one attached hydrogen (secondary N) is 1. The molecule has 1 N–H and O–H groups in total. The van der Waals surface area contributed by atoms with E-state index in [0.717, 1.165) is 34.0 Å². The highest BCUT2D eigenvalue weighted by atomic mass is 32.2. The molecular weight excluding hydrogens is 454 g/mol. The molecule has 3 aromatic heterocycles. The largest absolute Gasteiger partial charge is 0.462 e. The molecule has 0 spiro atoms. The van der Waals surface area contributed by atoms with E-state index in [1.807, 2.05) is 50.4 Å². The molecule has 0 unspecified atom stereocenters. The highest BCUT2D eigenvalue weighted by molar-refractivity contribution is 7.98. The molecule has 0 bridgehead atoms. The van der Waals surface area contributed by atoms with Gasteiger partial charge in [-0.05, 0) is 63.1 Å². The number of rotatable bonds is 7. The fourth-order valence-corrected chi connectivity index (χ4v) is 5.29. The number of thiazole rings is 1. The number of H-pyrrole nitrogens is 1. The van der Waals surface area contributed by atoms with E-state index in [1.54, 1.807) is 11.8 Å². The van der Waals surface area contributed by atoms with E-state index >= 15 is 0 Å². The van der Waals surface area contributed by atoms with E-state index in [9.17, 15) is 4.79 Å². The Labute approximate surface area is 201 Å². The van der Waals surface area contributed by atoms with Gasteiger partial charge in [0.1, 0.15) is 17.3 Å². The average molecular weight is 480 g/mol. The molecule has 0 fully saturated rings. The third kappa shape index (κ3) is 5.43. The standard InChI is InChI=1S/C24H25N5O2S2/c1-14-10-15(2)22(16(3)11-14)29(18(5)30)24-25-19(13-33-24)12-32-23-26-21(27-28-23)9-8-20-7-6-17(4)31-20/h6-11,13H,12H2,1-5H3,(H,26,27,28)/b9-8+. The number of benzene rings is 1.